The second-order valence-electron chi connectivity index (χ2n) is 9.93. The number of nitrogens with two attached hydrogens (primary N) is 1. The first-order chi connectivity index (χ1) is 12.9. The third-order valence-corrected chi connectivity index (χ3v) is 8.60. The summed E-state index contributed by atoms with van der Waals surface area (Å²) in [5.41, 5.74) is 11.5. The van der Waals surface area contributed by atoms with Gasteiger partial charge in [-0.2, -0.15) is 0 Å². The molecule has 4 heteroatoms. The second-order valence-corrected chi connectivity index (χ2v) is 9.93. The van der Waals surface area contributed by atoms with Crippen LogP contribution < -0.4 is 11.2 Å². The lowest BCUT2D eigenvalue weighted by atomic mass is 9.45. The first kappa shape index (κ1) is 19.2. The van der Waals surface area contributed by atoms with Gasteiger partial charge in [0.05, 0.1) is 6.61 Å². The maximum Gasteiger partial charge on any atom is 0.139 e. The van der Waals surface area contributed by atoms with E-state index in [1.165, 1.54) is 24.1 Å². The number of nitrogens with one attached hydrogen (secondary N) is 1. The fourth-order valence-corrected chi connectivity index (χ4v) is 7.01. The Morgan fingerprint density at radius 3 is 2.85 bits per heavy atom. The molecule has 4 aliphatic carbocycles. The van der Waals surface area contributed by atoms with Crippen molar-refractivity contribution >= 4 is 5.78 Å². The molecule has 0 heterocycles. The number of rotatable bonds is 5. The van der Waals surface area contributed by atoms with E-state index < -0.39 is 0 Å². The van der Waals surface area contributed by atoms with E-state index in [-0.39, 0.29) is 10.8 Å². The number of allylic oxidation sites excluding steroid dienone is 3. The second kappa shape index (κ2) is 7.04. The van der Waals surface area contributed by atoms with Crippen molar-refractivity contribution in [2.24, 2.45) is 40.2 Å². The summed E-state index contributed by atoms with van der Waals surface area (Å²) >= 11 is 0. The van der Waals surface area contributed by atoms with Crippen molar-refractivity contribution in [2.75, 3.05) is 13.2 Å². The molecule has 27 heavy (non-hydrogen) atoms. The Labute approximate surface area is 163 Å². The summed E-state index contributed by atoms with van der Waals surface area (Å²) in [5, 5.41) is 0. The van der Waals surface area contributed by atoms with Crippen LogP contribution in [0.3, 0.4) is 0 Å². The van der Waals surface area contributed by atoms with Gasteiger partial charge in [-0.15, -0.1) is 0 Å². The molecule has 0 aromatic rings. The first-order valence-electron chi connectivity index (χ1n) is 10.9. The van der Waals surface area contributed by atoms with E-state index in [2.05, 4.69) is 32.0 Å². The Balaban J connectivity index is 1.53. The molecule has 4 rings (SSSR count). The Hall–Kier alpha value is -1.13. The molecule has 0 saturated heterocycles. The molecule has 0 bridgehead atoms. The fraction of sp³-hybridized carbons (Fsp3) is 0.783. The molecule has 0 aliphatic heterocycles. The van der Waals surface area contributed by atoms with Crippen LogP contribution >= 0.6 is 0 Å². The highest BCUT2D eigenvalue weighted by Crippen LogP contribution is 2.65. The number of carbonyl (C=O) groups excluding carboxylic acids is 1. The minimum atomic E-state index is -0.0568. The van der Waals surface area contributed by atoms with Crippen LogP contribution in [-0.2, 0) is 9.63 Å². The molecule has 0 aromatic heterocycles. The summed E-state index contributed by atoms with van der Waals surface area (Å²) in [4.78, 5) is 18.2. The van der Waals surface area contributed by atoms with Crippen LogP contribution in [0, 0.1) is 34.5 Å². The van der Waals surface area contributed by atoms with E-state index in [1.807, 2.05) is 0 Å². The standard InChI is InChI=1S/C23H36N2O2/c1-15-13-17-18-5-6-21(26)23(18,3)10-8-19(17)22(2)9-7-16(14-20(15)22)25-27-12-4-11-24/h14,17-20,25H,1,4-13,24H2,2-3H3/t17-,18-,19+,20?,22+,23-/m0/s1. The van der Waals surface area contributed by atoms with Gasteiger partial charge in [-0.1, -0.05) is 32.1 Å². The van der Waals surface area contributed by atoms with Gasteiger partial charge < -0.3 is 5.73 Å². The topological polar surface area (TPSA) is 64.3 Å². The third-order valence-electron chi connectivity index (χ3n) is 8.60. The summed E-state index contributed by atoms with van der Waals surface area (Å²) in [6, 6.07) is 0. The molecule has 6 atom stereocenters. The molecule has 0 amide bonds. The van der Waals surface area contributed by atoms with Crippen molar-refractivity contribution in [3.05, 3.63) is 23.9 Å². The number of hydrogen-bond acceptors (Lipinski definition) is 4. The quantitative estimate of drug-likeness (QED) is 0.433. The predicted octanol–water partition coefficient (Wildman–Crippen LogP) is 4.13. The Morgan fingerprint density at radius 2 is 2.07 bits per heavy atom. The van der Waals surface area contributed by atoms with Crippen molar-refractivity contribution in [1.29, 1.82) is 0 Å². The molecular formula is C23H36N2O2. The van der Waals surface area contributed by atoms with E-state index in [0.717, 1.165) is 38.5 Å². The van der Waals surface area contributed by atoms with Gasteiger partial charge in [0, 0.05) is 23.5 Å². The highest BCUT2D eigenvalue weighted by Gasteiger charge is 2.60. The zero-order valence-electron chi connectivity index (χ0n) is 17.1. The highest BCUT2D eigenvalue weighted by molar-refractivity contribution is 5.87. The average Bonchev–Trinajstić information content (AvgIpc) is 2.95. The maximum atomic E-state index is 12.6. The van der Waals surface area contributed by atoms with Crippen LogP contribution in [0.15, 0.2) is 23.9 Å². The van der Waals surface area contributed by atoms with Gasteiger partial charge in [0.1, 0.15) is 5.78 Å². The fourth-order valence-electron chi connectivity index (χ4n) is 7.01. The van der Waals surface area contributed by atoms with Gasteiger partial charge in [0.25, 0.3) is 0 Å². The van der Waals surface area contributed by atoms with Gasteiger partial charge in [-0.3, -0.25) is 15.1 Å². The minimum absolute atomic E-state index is 0.0568. The third kappa shape index (κ3) is 3.00. The van der Waals surface area contributed by atoms with Crippen LogP contribution in [0.5, 0.6) is 0 Å². The lowest BCUT2D eigenvalue weighted by Gasteiger charge is -2.59. The molecular weight excluding hydrogens is 336 g/mol. The van der Waals surface area contributed by atoms with Crippen molar-refractivity contribution in [3.63, 3.8) is 0 Å². The Bertz CT molecular complexity index is 657. The first-order valence-corrected chi connectivity index (χ1v) is 10.9. The number of hydrogen-bond donors (Lipinski definition) is 2. The summed E-state index contributed by atoms with van der Waals surface area (Å²) in [6.45, 7) is 10.6. The molecule has 0 spiro atoms. The molecule has 3 saturated carbocycles. The van der Waals surface area contributed by atoms with Gasteiger partial charge in [-0.05, 0) is 74.7 Å². The smallest absolute Gasteiger partial charge is 0.139 e. The Kier molecular flexibility index (Phi) is 5.00. The van der Waals surface area contributed by atoms with Crippen LogP contribution in [0.1, 0.15) is 65.2 Å². The average molecular weight is 373 g/mol. The Morgan fingerprint density at radius 1 is 1.26 bits per heavy atom. The molecule has 0 radical (unpaired) electrons. The zero-order valence-corrected chi connectivity index (χ0v) is 17.1. The van der Waals surface area contributed by atoms with Crippen LogP contribution in [0.4, 0.5) is 0 Å². The van der Waals surface area contributed by atoms with Crippen LogP contribution in [0.2, 0.25) is 0 Å². The van der Waals surface area contributed by atoms with Crippen molar-refractivity contribution in [2.45, 2.75) is 65.2 Å². The van der Waals surface area contributed by atoms with Crippen LogP contribution in [0.25, 0.3) is 0 Å². The van der Waals surface area contributed by atoms with Gasteiger partial charge in [0.15, 0.2) is 0 Å². The molecule has 0 aromatic carbocycles. The highest BCUT2D eigenvalue weighted by atomic mass is 16.6. The normalized spacial score (nSPS) is 43.6. The van der Waals surface area contributed by atoms with Crippen molar-refractivity contribution in [3.8, 4) is 0 Å². The van der Waals surface area contributed by atoms with Gasteiger partial charge in [0.2, 0.25) is 0 Å². The monoisotopic (exact) mass is 372 g/mol. The lowest BCUT2D eigenvalue weighted by molar-refractivity contribution is -0.133. The molecule has 4 aliphatic rings. The molecule has 150 valence electrons. The van der Waals surface area contributed by atoms with Gasteiger partial charge >= 0.3 is 0 Å². The van der Waals surface area contributed by atoms with Crippen LogP contribution in [-0.4, -0.2) is 18.9 Å². The zero-order chi connectivity index (χ0) is 19.2. The van der Waals surface area contributed by atoms with E-state index in [4.69, 9.17) is 10.6 Å². The van der Waals surface area contributed by atoms with Crippen molar-refractivity contribution < 1.29 is 9.63 Å². The SMILES string of the molecule is C=C1C[C@@H]2[C@@H](CC[C@]3(C)C(=O)CC[C@@H]23)[C@@]2(C)CCC(NOCCCN)=CC12. The van der Waals surface area contributed by atoms with Crippen molar-refractivity contribution in [1.82, 2.24) is 5.48 Å². The van der Waals surface area contributed by atoms with E-state index in [9.17, 15) is 4.79 Å². The molecule has 4 nitrogen and oxygen atoms in total. The summed E-state index contributed by atoms with van der Waals surface area (Å²) in [5.74, 6) is 2.88. The minimum Gasteiger partial charge on any atom is -0.330 e. The number of Topliss-reactive ketones (excluding diaryl/α,β-unsaturated/α-hetero) is 1. The lowest BCUT2D eigenvalue weighted by Crippen LogP contribution is -2.53. The largest absolute Gasteiger partial charge is 0.330 e. The molecule has 3 fully saturated rings. The number of fused-ring (bicyclic) bond motifs is 5. The number of hydroxylamine groups is 1. The van der Waals surface area contributed by atoms with E-state index >= 15 is 0 Å². The number of ketones is 1. The van der Waals surface area contributed by atoms with E-state index in [1.54, 1.807) is 0 Å². The molecule has 1 unspecified atom stereocenters. The summed E-state index contributed by atoms with van der Waals surface area (Å²) in [7, 11) is 0. The summed E-state index contributed by atoms with van der Waals surface area (Å²) in [6.07, 6.45) is 10.7. The summed E-state index contributed by atoms with van der Waals surface area (Å²) < 4.78 is 0. The molecule has 3 N–H and O–H groups in total. The maximum absolute atomic E-state index is 12.6. The predicted molar refractivity (Wildman–Crippen MR) is 107 cm³/mol. The number of carbonyl (C=O) groups is 1. The van der Waals surface area contributed by atoms with E-state index in [0.29, 0.717) is 42.6 Å². The van der Waals surface area contributed by atoms with Gasteiger partial charge in [-0.25, -0.2) is 0 Å².